The number of hydrogen-bond acceptors (Lipinski definition) is 3. The smallest absolute Gasteiger partial charge is 0.150 e. The summed E-state index contributed by atoms with van der Waals surface area (Å²) < 4.78 is 0. The average molecular weight is 248 g/mol. The van der Waals surface area contributed by atoms with Gasteiger partial charge in [0.1, 0.15) is 6.29 Å². The van der Waals surface area contributed by atoms with Gasteiger partial charge in [0, 0.05) is 28.5 Å². The van der Waals surface area contributed by atoms with E-state index in [4.69, 9.17) is 0 Å². The summed E-state index contributed by atoms with van der Waals surface area (Å²) in [6.07, 6.45) is 2.62. The van der Waals surface area contributed by atoms with Gasteiger partial charge in [0.15, 0.2) is 0 Å². The van der Waals surface area contributed by atoms with Crippen molar-refractivity contribution in [3.05, 3.63) is 66.4 Å². The Bertz CT molecular complexity index is 715. The Morgan fingerprint density at radius 1 is 0.947 bits per heavy atom. The molecule has 0 aliphatic rings. The number of carbonyl (C=O) groups is 1. The zero-order chi connectivity index (χ0) is 13.1. The summed E-state index contributed by atoms with van der Waals surface area (Å²) in [6, 6.07) is 17.3. The minimum absolute atomic E-state index is 0.671. The molecule has 0 aliphatic carbocycles. The lowest BCUT2D eigenvalue weighted by atomic mass is 10.1. The van der Waals surface area contributed by atoms with Crippen LogP contribution in [0, 0.1) is 0 Å². The minimum atomic E-state index is 0.671. The van der Waals surface area contributed by atoms with Crippen molar-refractivity contribution in [1.29, 1.82) is 0 Å². The van der Waals surface area contributed by atoms with Crippen molar-refractivity contribution >= 4 is 28.6 Å². The fourth-order valence-electron chi connectivity index (χ4n) is 2.01. The molecular formula is C16H12N2O. The number of benzene rings is 2. The Balaban J connectivity index is 1.98. The van der Waals surface area contributed by atoms with Gasteiger partial charge in [0.2, 0.25) is 0 Å². The summed E-state index contributed by atoms with van der Waals surface area (Å²) in [4.78, 5) is 14.9. The van der Waals surface area contributed by atoms with E-state index in [0.29, 0.717) is 5.56 Å². The first kappa shape index (κ1) is 11.4. The van der Waals surface area contributed by atoms with Crippen LogP contribution >= 0.6 is 0 Å². The number of fused-ring (bicyclic) bond motifs is 1. The van der Waals surface area contributed by atoms with Gasteiger partial charge in [0.05, 0.1) is 5.52 Å². The van der Waals surface area contributed by atoms with Gasteiger partial charge in [0.25, 0.3) is 0 Å². The van der Waals surface area contributed by atoms with E-state index in [9.17, 15) is 4.79 Å². The molecule has 1 aromatic heterocycles. The van der Waals surface area contributed by atoms with Crippen LogP contribution in [0.5, 0.6) is 0 Å². The molecule has 3 heteroatoms. The second-order valence-corrected chi connectivity index (χ2v) is 4.24. The van der Waals surface area contributed by atoms with E-state index < -0.39 is 0 Å². The third-order valence-electron chi connectivity index (χ3n) is 2.97. The molecule has 0 fully saturated rings. The average Bonchev–Trinajstić information content (AvgIpc) is 2.48. The zero-order valence-corrected chi connectivity index (χ0v) is 10.2. The lowest BCUT2D eigenvalue weighted by Crippen LogP contribution is -1.92. The number of rotatable bonds is 3. The van der Waals surface area contributed by atoms with Crippen LogP contribution in [0.15, 0.2) is 60.8 Å². The summed E-state index contributed by atoms with van der Waals surface area (Å²) in [5.74, 6) is 0. The van der Waals surface area contributed by atoms with Crippen molar-refractivity contribution < 1.29 is 4.79 Å². The van der Waals surface area contributed by atoms with E-state index >= 15 is 0 Å². The van der Waals surface area contributed by atoms with Crippen LogP contribution in [0.3, 0.4) is 0 Å². The first-order valence-corrected chi connectivity index (χ1v) is 6.03. The van der Waals surface area contributed by atoms with Crippen molar-refractivity contribution in [2.75, 3.05) is 5.32 Å². The molecule has 0 aliphatic heterocycles. The third kappa shape index (κ3) is 2.31. The van der Waals surface area contributed by atoms with Crippen LogP contribution in [0.1, 0.15) is 10.4 Å². The topological polar surface area (TPSA) is 42.0 Å². The van der Waals surface area contributed by atoms with Crippen LogP contribution in [-0.2, 0) is 0 Å². The van der Waals surface area contributed by atoms with Crippen molar-refractivity contribution in [1.82, 2.24) is 4.98 Å². The van der Waals surface area contributed by atoms with E-state index in [1.165, 1.54) is 0 Å². The fraction of sp³-hybridized carbons (Fsp3) is 0. The highest BCUT2D eigenvalue weighted by Gasteiger charge is 2.01. The quantitative estimate of drug-likeness (QED) is 0.717. The first-order valence-electron chi connectivity index (χ1n) is 6.03. The van der Waals surface area contributed by atoms with Gasteiger partial charge in [-0.15, -0.1) is 0 Å². The molecule has 92 valence electrons. The second-order valence-electron chi connectivity index (χ2n) is 4.24. The molecule has 0 unspecified atom stereocenters. The summed E-state index contributed by atoms with van der Waals surface area (Å²) in [5, 5.41) is 4.42. The van der Waals surface area contributed by atoms with Gasteiger partial charge in [-0.3, -0.25) is 9.78 Å². The molecule has 0 saturated heterocycles. The monoisotopic (exact) mass is 248 g/mol. The van der Waals surface area contributed by atoms with E-state index in [1.54, 1.807) is 18.3 Å². The Morgan fingerprint density at radius 3 is 2.53 bits per heavy atom. The predicted molar refractivity (Wildman–Crippen MR) is 76.9 cm³/mol. The molecule has 0 atom stereocenters. The van der Waals surface area contributed by atoms with Gasteiger partial charge in [-0.2, -0.15) is 0 Å². The van der Waals surface area contributed by atoms with E-state index in [2.05, 4.69) is 10.3 Å². The molecule has 19 heavy (non-hydrogen) atoms. The lowest BCUT2D eigenvalue weighted by Gasteiger charge is -2.09. The molecule has 0 spiro atoms. The molecule has 3 rings (SSSR count). The third-order valence-corrected chi connectivity index (χ3v) is 2.97. The van der Waals surface area contributed by atoms with Crippen molar-refractivity contribution in [2.45, 2.75) is 0 Å². The number of hydrogen-bond donors (Lipinski definition) is 1. The van der Waals surface area contributed by atoms with Crippen LogP contribution in [0.2, 0.25) is 0 Å². The first-order chi connectivity index (χ1) is 9.36. The number of nitrogens with zero attached hydrogens (tertiary/aromatic N) is 1. The van der Waals surface area contributed by atoms with Gasteiger partial charge in [-0.1, -0.05) is 18.2 Å². The predicted octanol–water partition coefficient (Wildman–Crippen LogP) is 3.79. The number of para-hydroxylation sites is 1. The second kappa shape index (κ2) is 4.90. The van der Waals surface area contributed by atoms with Crippen molar-refractivity contribution in [2.24, 2.45) is 0 Å². The molecule has 0 bridgehead atoms. The molecule has 2 aromatic carbocycles. The molecule has 0 radical (unpaired) electrons. The van der Waals surface area contributed by atoms with Gasteiger partial charge in [-0.05, 0) is 36.4 Å². The molecule has 3 nitrogen and oxygen atoms in total. The zero-order valence-electron chi connectivity index (χ0n) is 10.2. The molecular weight excluding hydrogens is 236 g/mol. The highest BCUT2D eigenvalue weighted by molar-refractivity contribution is 5.92. The Labute approximate surface area is 110 Å². The number of anilines is 2. The lowest BCUT2D eigenvalue weighted by molar-refractivity contribution is 0.112. The summed E-state index contributed by atoms with van der Waals surface area (Å²) in [6.45, 7) is 0. The van der Waals surface area contributed by atoms with Gasteiger partial charge >= 0.3 is 0 Å². The maximum Gasteiger partial charge on any atom is 0.150 e. The number of pyridine rings is 1. The highest BCUT2D eigenvalue weighted by atomic mass is 16.1. The summed E-state index contributed by atoms with van der Waals surface area (Å²) in [7, 11) is 0. The Morgan fingerprint density at radius 2 is 1.74 bits per heavy atom. The molecule has 0 saturated carbocycles. The minimum Gasteiger partial charge on any atom is -0.355 e. The normalized spacial score (nSPS) is 10.3. The molecule has 1 N–H and O–H groups in total. The van der Waals surface area contributed by atoms with Gasteiger partial charge in [-0.25, -0.2) is 0 Å². The van der Waals surface area contributed by atoms with Crippen LogP contribution in [0.4, 0.5) is 11.4 Å². The Kier molecular flexibility index (Phi) is 2.94. The number of aldehydes is 1. The largest absolute Gasteiger partial charge is 0.355 e. The molecule has 1 heterocycles. The van der Waals surface area contributed by atoms with E-state index in [1.807, 2.05) is 42.5 Å². The summed E-state index contributed by atoms with van der Waals surface area (Å²) >= 11 is 0. The number of carbonyl (C=O) groups excluding carboxylic acids is 1. The maximum absolute atomic E-state index is 10.6. The van der Waals surface area contributed by atoms with Crippen molar-refractivity contribution in [3.8, 4) is 0 Å². The summed E-state index contributed by atoms with van der Waals surface area (Å²) in [5.41, 5.74) is 3.58. The maximum atomic E-state index is 10.6. The molecule has 3 aromatic rings. The van der Waals surface area contributed by atoms with Gasteiger partial charge < -0.3 is 5.32 Å². The Hall–Kier alpha value is -2.68. The molecule has 0 amide bonds. The fourth-order valence-corrected chi connectivity index (χ4v) is 2.01. The van der Waals surface area contributed by atoms with E-state index in [-0.39, 0.29) is 0 Å². The van der Waals surface area contributed by atoms with Crippen LogP contribution < -0.4 is 5.32 Å². The van der Waals surface area contributed by atoms with Crippen LogP contribution in [-0.4, -0.2) is 11.3 Å². The highest BCUT2D eigenvalue weighted by Crippen LogP contribution is 2.24. The standard InChI is InChI=1S/C16H12N2O/c19-11-12-5-7-13(8-6-12)18-16-9-10-17-15-4-2-1-3-14(15)16/h1-11H,(H,17,18). The van der Waals surface area contributed by atoms with Crippen molar-refractivity contribution in [3.63, 3.8) is 0 Å². The number of aromatic nitrogens is 1. The SMILES string of the molecule is O=Cc1ccc(Nc2ccnc3ccccc23)cc1. The number of nitrogens with one attached hydrogen (secondary N) is 1. The van der Waals surface area contributed by atoms with E-state index in [0.717, 1.165) is 28.6 Å². The van der Waals surface area contributed by atoms with Crippen LogP contribution in [0.25, 0.3) is 10.9 Å².